The zero-order valence-electron chi connectivity index (χ0n) is 101. The van der Waals surface area contributed by atoms with Crippen LogP contribution < -0.4 is 50.8 Å². The number of benzene rings is 14. The standard InChI is InChI=1S/C95H74N4OSi2/c1-68-59-93(96-66-87(68)70-35-15-6-16-36-70)99-88-54-30-29-53-84(88)85-57-56-76(65-90(85)99)100-75-39-32-38-74(64-75)97-67-98(89-58-55-71(61-91(89)97)69-33-13-5-14-34-69)94-86(72-37-31-52-83(60-72)101(77-40-17-7-18-41-77,78-42-19-8-20-43-78)79-44-21-9-22-45-79)62-73(95(2,3)4)63-92(94)102(80-46-23-10-24-47-80,81-48-25-11-26-49-81)82-50-27-12-28-51-82/h5-66H,1-4H3/i1D3,5D,6D,7D,8D,9D,10D,11D,12D,13D,14D,15D,16D,17D,18D,19D,20D,21D,22D,23D,24D,25D,26D,27D,28D,31D,33D,34D,35D,36D,37D,40D,41D,42D,43D,44D,45D,46D,47D,48D,49D,50D,51D,52D,60D. The third-order valence-corrected chi connectivity index (χ3v) is 25.6. The summed E-state index contributed by atoms with van der Waals surface area (Å²) < 4.78 is 464. The van der Waals surface area contributed by atoms with Crippen molar-refractivity contribution in [2.24, 2.45) is 0 Å². The minimum Gasteiger partial charge on any atom is -0.458 e. The molecule has 0 spiro atoms. The molecule has 3 aromatic heterocycles. The lowest BCUT2D eigenvalue weighted by Gasteiger charge is -2.38. The lowest BCUT2D eigenvalue weighted by molar-refractivity contribution is -0.570. The van der Waals surface area contributed by atoms with Gasteiger partial charge >= 0.3 is 0 Å². The average molecular weight is 1390 g/mol. The molecule has 14 aromatic carbocycles. The van der Waals surface area contributed by atoms with Crippen molar-refractivity contribution in [2.75, 3.05) is 0 Å². The maximum atomic E-state index is 11.6. The summed E-state index contributed by atoms with van der Waals surface area (Å²) in [6, 6.07) is -29.7. The fraction of sp³-hybridized carbons (Fsp3) is 0.0526. The van der Waals surface area contributed by atoms with Crippen LogP contribution in [-0.4, -0.2) is 30.3 Å². The zero-order chi connectivity index (χ0) is 110. The molecule has 0 radical (unpaired) electrons. The first-order valence-corrected chi connectivity index (χ1v) is 35.3. The number of aromatic nitrogens is 4. The van der Waals surface area contributed by atoms with Gasteiger partial charge in [0, 0.05) is 32.7 Å². The number of hydrogen-bond donors (Lipinski definition) is 0. The molecule has 7 heteroatoms. The molecule has 0 aliphatic carbocycles. The molecule has 3 heterocycles. The summed E-state index contributed by atoms with van der Waals surface area (Å²) >= 11 is 0. The third kappa shape index (κ3) is 11.1. The highest BCUT2D eigenvalue weighted by molar-refractivity contribution is 7.21. The fourth-order valence-corrected chi connectivity index (χ4v) is 20.4. The minimum atomic E-state index is -6.97. The highest BCUT2D eigenvalue weighted by atomic mass is 28.3. The lowest BCUT2D eigenvalue weighted by atomic mass is 9.84. The van der Waals surface area contributed by atoms with E-state index in [1.54, 1.807) is 41.0 Å². The Hall–Kier alpha value is -12.3. The fourth-order valence-electron chi connectivity index (χ4n) is 12.9. The van der Waals surface area contributed by atoms with E-state index in [9.17, 15) is 45.2 Å². The molecule has 0 aliphatic rings. The smallest absolute Gasteiger partial charge is 0.269 e. The second kappa shape index (κ2) is 26.4. The van der Waals surface area contributed by atoms with Crippen molar-refractivity contribution < 1.29 is 73.7 Å². The molecule has 0 bridgehead atoms. The Kier molecular flexibility index (Phi) is 7.85. The van der Waals surface area contributed by atoms with E-state index in [1.165, 1.54) is 79.9 Å². The van der Waals surface area contributed by atoms with E-state index in [2.05, 4.69) is 6.33 Å². The Labute approximate surface area is 664 Å². The number of hydrogen-bond acceptors (Lipinski definition) is 2. The SMILES string of the molecule is [2H]c1c([2H])c([2H])c(-c2ccc3c(c2)n(-c2cccc(Oc4ccc5c6ccccc6n(-c6cc(C([2H])([2H])[2H])c(-c7c([2H])c([2H])c([2H])c([2H])c7[2H])cn6)c5c4)c2)[c-][n+]3-c2c(-c3c([2H])c([2H])c([2H])c([Si](c4c([2H])c([2H])c([2H])c([2H])c4[2H])(c4c([2H])c([2H])c([2H])c([2H])c4[2H])c4c([2H])c([2H])c([2H])c([2H])c4[2H])c3[2H])cc(C(C)(C)C)cc2[Si](c2c([2H])c([2H])c([2H])c([2H])c2[2H])(c2c([2H])c([2H])c([2H])c([2H])c2[2H])c2c([2H])c([2H])c([2H])c([2H])c2[2H])c([2H])c1[2H]. The van der Waals surface area contributed by atoms with Gasteiger partial charge in [-0.1, -0.05) is 335 Å². The van der Waals surface area contributed by atoms with Crippen molar-refractivity contribution in [3.63, 3.8) is 0 Å². The Morgan fingerprint density at radius 2 is 0.941 bits per heavy atom. The quantitative estimate of drug-likeness (QED) is 0.0418. The summed E-state index contributed by atoms with van der Waals surface area (Å²) in [6.07, 6.45) is 4.33. The van der Waals surface area contributed by atoms with Gasteiger partial charge in [-0.25, -0.2) is 4.98 Å². The normalized spacial score (nSPS) is 18.5. The molecule has 0 amide bonds. The molecular formula is C95H74N4OSi2. The molecule has 102 heavy (non-hydrogen) atoms. The van der Waals surface area contributed by atoms with E-state index in [0.717, 1.165) is 22.9 Å². The highest BCUT2D eigenvalue weighted by Gasteiger charge is 2.46. The van der Waals surface area contributed by atoms with Crippen molar-refractivity contribution >= 4 is 90.5 Å². The van der Waals surface area contributed by atoms with Crippen molar-refractivity contribution in [3.8, 4) is 62.1 Å². The number of aryl methyl sites for hydroxylation is 1. The number of imidazole rings is 1. The van der Waals surface area contributed by atoms with Gasteiger partial charge in [-0.15, -0.1) is 0 Å². The molecule has 5 nitrogen and oxygen atoms in total. The Morgan fingerprint density at radius 1 is 0.422 bits per heavy atom. The van der Waals surface area contributed by atoms with Crippen molar-refractivity contribution in [1.82, 2.24) is 14.1 Å². The molecule has 0 saturated carbocycles. The number of para-hydroxylation sites is 1. The van der Waals surface area contributed by atoms with Gasteiger partial charge in [-0.2, -0.15) is 0 Å². The van der Waals surface area contributed by atoms with Gasteiger partial charge in [0.05, 0.1) is 93.8 Å². The third-order valence-electron chi connectivity index (χ3n) is 17.4. The van der Waals surface area contributed by atoms with Crippen LogP contribution in [0.1, 0.15) is 96.3 Å². The van der Waals surface area contributed by atoms with Crippen LogP contribution in [0.4, 0.5) is 0 Å². The molecule has 0 fully saturated rings. The first kappa shape index (κ1) is 30.3. The maximum Gasteiger partial charge on any atom is 0.269 e. The zero-order valence-corrected chi connectivity index (χ0v) is 55.6. The summed E-state index contributed by atoms with van der Waals surface area (Å²) in [5.74, 6) is -0.192. The van der Waals surface area contributed by atoms with Crippen molar-refractivity contribution in [3.05, 3.63) is 393 Å². The van der Waals surface area contributed by atoms with E-state index < -0.39 is 375 Å². The summed E-state index contributed by atoms with van der Waals surface area (Å²) in [5.41, 5.74) is -7.18. The van der Waals surface area contributed by atoms with E-state index in [-0.39, 0.29) is 50.7 Å². The Bertz CT molecular complexity index is 8290. The topological polar surface area (TPSA) is 35.9 Å². The van der Waals surface area contributed by atoms with Gasteiger partial charge in [-0.05, 0) is 141 Å². The second-order valence-electron chi connectivity index (χ2n) is 24.1. The van der Waals surface area contributed by atoms with Crippen LogP contribution in [0.3, 0.4) is 0 Å². The molecule has 17 rings (SSSR count). The summed E-state index contributed by atoms with van der Waals surface area (Å²) in [4.78, 5) is 4.70. The van der Waals surface area contributed by atoms with Gasteiger partial charge in [-0.3, -0.25) is 13.7 Å². The monoisotopic (exact) mass is 1390 g/mol. The largest absolute Gasteiger partial charge is 0.458 e. The van der Waals surface area contributed by atoms with Gasteiger partial charge in [0.15, 0.2) is 16.1 Å². The average Bonchev–Trinajstić information content (AvgIpc) is 1.67. The van der Waals surface area contributed by atoms with Crippen LogP contribution in [0.5, 0.6) is 11.5 Å². The van der Waals surface area contributed by atoms with Crippen molar-refractivity contribution in [2.45, 2.75) is 33.0 Å². The number of pyridine rings is 1. The minimum absolute atomic E-state index is 0.00568. The summed E-state index contributed by atoms with van der Waals surface area (Å²) in [7, 11) is -13.9. The molecule has 488 valence electrons. The summed E-state index contributed by atoms with van der Waals surface area (Å²) in [5, 5.41) is -8.82. The van der Waals surface area contributed by atoms with Crippen LogP contribution in [0, 0.1) is 13.2 Å². The number of rotatable bonds is 16. The Balaban J connectivity index is 1.11. The first-order valence-electron chi connectivity index (χ1n) is 54.8. The first-order chi connectivity index (χ1) is 69.6. The van der Waals surface area contributed by atoms with Gasteiger partial charge < -0.3 is 4.74 Å². The molecule has 0 N–H and O–H groups in total. The van der Waals surface area contributed by atoms with Crippen LogP contribution >= 0.6 is 0 Å². The predicted octanol–water partition coefficient (Wildman–Crippen LogP) is 17.4. The Morgan fingerprint density at radius 3 is 1.52 bits per heavy atom. The van der Waals surface area contributed by atoms with Gasteiger partial charge in [0.2, 0.25) is 0 Å². The van der Waals surface area contributed by atoms with Gasteiger partial charge in [0.1, 0.15) is 17.3 Å². The van der Waals surface area contributed by atoms with E-state index in [0.29, 0.717) is 16.3 Å². The number of ether oxygens (including phenoxy) is 1. The van der Waals surface area contributed by atoms with Crippen LogP contribution in [0.25, 0.3) is 83.4 Å². The number of fused-ring (bicyclic) bond motifs is 4. The molecule has 0 atom stereocenters. The summed E-state index contributed by atoms with van der Waals surface area (Å²) in [6.45, 7) is 1.39. The van der Waals surface area contributed by atoms with E-state index in [4.69, 9.17) is 28.9 Å². The predicted molar refractivity (Wildman–Crippen MR) is 429 cm³/mol. The van der Waals surface area contributed by atoms with Crippen LogP contribution in [0.2, 0.25) is 0 Å². The maximum absolute atomic E-state index is 11.6. The second-order valence-corrected chi connectivity index (χ2v) is 31.2. The molecule has 0 saturated heterocycles. The van der Waals surface area contributed by atoms with Crippen molar-refractivity contribution in [1.29, 1.82) is 0 Å². The highest BCUT2D eigenvalue weighted by Crippen LogP contribution is 2.39. The lowest BCUT2D eigenvalue weighted by Crippen LogP contribution is -2.76. The molecule has 17 aromatic rings. The van der Waals surface area contributed by atoms with E-state index >= 15 is 0 Å². The van der Waals surface area contributed by atoms with Crippen LogP contribution in [0.15, 0.2) is 375 Å². The molecule has 0 aliphatic heterocycles. The van der Waals surface area contributed by atoms with Crippen LogP contribution in [-0.2, 0) is 5.41 Å². The van der Waals surface area contributed by atoms with E-state index in [1.807, 2.05) is 0 Å². The van der Waals surface area contributed by atoms with Gasteiger partial charge in [0.25, 0.3) is 6.33 Å². The molecular weight excluding hydrogens is 1270 g/mol. The molecule has 0 unspecified atom stereocenters. The number of nitrogens with zero attached hydrogens (tertiary/aromatic N) is 4.